The van der Waals surface area contributed by atoms with E-state index in [4.69, 9.17) is 0 Å². The topological polar surface area (TPSA) is 0 Å². The van der Waals surface area contributed by atoms with Gasteiger partial charge in [0.15, 0.2) is 0 Å². The predicted molar refractivity (Wildman–Crippen MR) is 142 cm³/mol. The molecule has 0 atom stereocenters. The summed E-state index contributed by atoms with van der Waals surface area (Å²) in [5.74, 6) is 0. The van der Waals surface area contributed by atoms with Crippen LogP contribution < -0.4 is 13.2 Å². The standard InChI is InChI=1S/C25H30Br2Ge2/c1-4-28(5-2,6-3)25(26,27)29(22-16-10-7-11-17-22,23-18-12-8-13-19-23)24-20-14-9-15-21-24/h7-21H,4-6H2,1-3H3. The van der Waals surface area contributed by atoms with E-state index in [1.165, 1.54) is 28.9 Å². The minimum atomic E-state index is -3.17. The molecule has 29 heavy (non-hydrogen) atoms. The first-order valence-electron chi connectivity index (χ1n) is 10.5. The average Bonchev–Trinajstić information content (AvgIpc) is 2.78. The molecule has 0 aliphatic heterocycles. The third-order valence-corrected chi connectivity index (χ3v) is 52.4. The molecule has 152 valence electrons. The van der Waals surface area contributed by atoms with Gasteiger partial charge in [-0.2, -0.15) is 0 Å². The third-order valence-electron chi connectivity index (χ3n) is 6.79. The molecule has 0 aromatic heterocycles. The minimum absolute atomic E-state index is 0.0116. The molecule has 0 N–H and O–H groups in total. The van der Waals surface area contributed by atoms with Crippen molar-refractivity contribution in [3.8, 4) is 0 Å². The molecule has 3 rings (SSSR count). The van der Waals surface area contributed by atoms with E-state index in [1.807, 2.05) is 0 Å². The quantitative estimate of drug-likeness (QED) is 0.204. The van der Waals surface area contributed by atoms with E-state index in [1.54, 1.807) is 0 Å². The normalized spacial score (nSPS) is 12.7. The van der Waals surface area contributed by atoms with Gasteiger partial charge in [-0.15, -0.1) is 0 Å². The van der Waals surface area contributed by atoms with Gasteiger partial charge in [-0.25, -0.2) is 0 Å². The van der Waals surface area contributed by atoms with Gasteiger partial charge in [0.2, 0.25) is 0 Å². The maximum atomic E-state index is 4.50. The zero-order chi connectivity index (χ0) is 21.0. The van der Waals surface area contributed by atoms with E-state index < -0.39 is 26.5 Å². The van der Waals surface area contributed by atoms with Crippen molar-refractivity contribution in [3.05, 3.63) is 91.0 Å². The SMILES string of the molecule is C[CH2][Ge]([CH2]C)([CH2]C)[C](Br)(Br)[Ge]([c]1ccccc1)([c]1ccccc1)[c]1ccccc1. The number of hydrogen-bond donors (Lipinski definition) is 0. The van der Waals surface area contributed by atoms with Gasteiger partial charge < -0.3 is 0 Å². The van der Waals surface area contributed by atoms with Gasteiger partial charge in [0.25, 0.3) is 0 Å². The van der Waals surface area contributed by atoms with Crippen LogP contribution in [-0.2, 0) is 0 Å². The molecule has 4 heteroatoms. The van der Waals surface area contributed by atoms with Crippen LogP contribution in [0.25, 0.3) is 0 Å². The molecule has 0 radical (unpaired) electrons. The van der Waals surface area contributed by atoms with Crippen LogP contribution in [0.2, 0.25) is 15.8 Å². The molecular formula is C25H30Br2Ge2. The molecule has 0 aliphatic rings. The van der Waals surface area contributed by atoms with Crippen LogP contribution in [-0.4, -0.2) is 27.4 Å². The fourth-order valence-corrected chi connectivity index (χ4v) is 56.3. The first-order valence-corrected chi connectivity index (χ1v) is 21.8. The molecule has 0 aliphatic carbocycles. The fourth-order valence-electron chi connectivity index (χ4n) is 4.92. The summed E-state index contributed by atoms with van der Waals surface area (Å²) in [5.41, 5.74) is 0. The average molecular weight is 636 g/mol. The molecule has 0 saturated heterocycles. The van der Waals surface area contributed by atoms with E-state index >= 15 is 0 Å². The second kappa shape index (κ2) is 9.89. The molecule has 3 aromatic carbocycles. The second-order valence-electron chi connectivity index (χ2n) is 7.76. The summed E-state index contributed by atoms with van der Waals surface area (Å²) in [7, 11) is 0. The van der Waals surface area contributed by atoms with Gasteiger partial charge in [0.1, 0.15) is 0 Å². The fraction of sp³-hybridized carbons (Fsp3) is 0.280. The molecule has 0 heterocycles. The van der Waals surface area contributed by atoms with Crippen molar-refractivity contribution in [3.63, 3.8) is 0 Å². The van der Waals surface area contributed by atoms with E-state index in [9.17, 15) is 0 Å². The summed E-state index contributed by atoms with van der Waals surface area (Å²) in [6.07, 6.45) is 0. The Labute approximate surface area is 198 Å². The Kier molecular flexibility index (Phi) is 7.97. The number of halogens is 2. The van der Waals surface area contributed by atoms with Crippen molar-refractivity contribution in [1.29, 1.82) is 0 Å². The first kappa shape index (κ1) is 23.4. The van der Waals surface area contributed by atoms with E-state index in [2.05, 4.69) is 144 Å². The van der Waals surface area contributed by atoms with Gasteiger partial charge in [0.05, 0.1) is 0 Å². The van der Waals surface area contributed by atoms with Crippen molar-refractivity contribution in [2.24, 2.45) is 0 Å². The van der Waals surface area contributed by atoms with Crippen LogP contribution in [0.4, 0.5) is 0 Å². The van der Waals surface area contributed by atoms with Crippen molar-refractivity contribution in [2.75, 3.05) is 0 Å². The number of benzene rings is 3. The van der Waals surface area contributed by atoms with Gasteiger partial charge in [-0.05, 0) is 0 Å². The predicted octanol–water partition coefficient (Wildman–Crippen LogP) is 6.23. The Morgan fingerprint density at radius 2 is 0.828 bits per heavy atom. The number of rotatable bonds is 8. The van der Waals surface area contributed by atoms with Crippen molar-refractivity contribution in [1.82, 2.24) is 0 Å². The molecule has 0 amide bonds. The monoisotopic (exact) mass is 636 g/mol. The zero-order valence-corrected chi connectivity index (χ0v) is 24.9. The van der Waals surface area contributed by atoms with Gasteiger partial charge in [-0.1, -0.05) is 0 Å². The molecule has 0 fully saturated rings. The van der Waals surface area contributed by atoms with Crippen LogP contribution in [0.15, 0.2) is 91.0 Å². The summed E-state index contributed by atoms with van der Waals surface area (Å²) < 4.78 is 4.54. The van der Waals surface area contributed by atoms with Crippen molar-refractivity contribution < 1.29 is 0 Å². The summed E-state index contributed by atoms with van der Waals surface area (Å²) in [6.45, 7) is 7.29. The van der Waals surface area contributed by atoms with Gasteiger partial charge in [-0.3, -0.25) is 0 Å². The van der Waals surface area contributed by atoms with Crippen LogP contribution in [0.3, 0.4) is 0 Å². The van der Waals surface area contributed by atoms with Crippen LogP contribution in [0.5, 0.6) is 0 Å². The molecular weight excluding hydrogens is 605 g/mol. The summed E-state index contributed by atoms with van der Waals surface area (Å²) in [4.78, 5) is 0. The summed E-state index contributed by atoms with van der Waals surface area (Å²) in [6, 6.07) is 34.0. The van der Waals surface area contributed by atoms with Crippen molar-refractivity contribution in [2.45, 2.75) is 37.4 Å². The van der Waals surface area contributed by atoms with Crippen LogP contribution in [0.1, 0.15) is 20.8 Å². The van der Waals surface area contributed by atoms with E-state index in [0.717, 1.165) is 0 Å². The molecule has 0 unspecified atom stereocenters. The second-order valence-corrected chi connectivity index (χ2v) is 39.3. The van der Waals surface area contributed by atoms with Crippen LogP contribution >= 0.6 is 31.9 Å². The number of hydrogen-bond acceptors (Lipinski definition) is 0. The molecule has 0 spiro atoms. The zero-order valence-electron chi connectivity index (χ0n) is 17.5. The third kappa shape index (κ3) is 3.88. The molecule has 0 bridgehead atoms. The Morgan fingerprint density at radius 3 is 1.07 bits per heavy atom. The first-order chi connectivity index (χ1) is 14.0. The Hall–Kier alpha value is -0.294. The van der Waals surface area contributed by atoms with Crippen LogP contribution in [0, 0.1) is 0 Å². The molecule has 0 saturated carbocycles. The Balaban J connectivity index is 2.50. The van der Waals surface area contributed by atoms with E-state index in [0.29, 0.717) is 0 Å². The van der Waals surface area contributed by atoms with Gasteiger partial charge >= 0.3 is 200 Å². The molecule has 0 nitrogen and oxygen atoms in total. The Morgan fingerprint density at radius 1 is 0.552 bits per heavy atom. The van der Waals surface area contributed by atoms with Crippen molar-refractivity contribution >= 4 is 71.6 Å². The molecule has 3 aromatic rings. The van der Waals surface area contributed by atoms with E-state index in [-0.39, 0.29) is 0.899 Å². The maximum absolute atomic E-state index is 4.50. The van der Waals surface area contributed by atoms with Gasteiger partial charge in [0, 0.05) is 0 Å². The number of alkyl halides is 2. The summed E-state index contributed by atoms with van der Waals surface area (Å²) in [5, 5.41) is 3.93. The Bertz CT molecular complexity index is 787. The summed E-state index contributed by atoms with van der Waals surface area (Å²) >= 11 is 3.48.